The number of allylic oxidation sites excluding steroid dienone is 1. The zero-order chi connectivity index (χ0) is 15.4. The third-order valence-corrected chi connectivity index (χ3v) is 3.95. The van der Waals surface area contributed by atoms with E-state index in [4.69, 9.17) is 4.74 Å². The zero-order valence-corrected chi connectivity index (χ0v) is 12.6. The van der Waals surface area contributed by atoms with E-state index in [1.807, 2.05) is 12.1 Å². The molecule has 0 aromatic heterocycles. The molecule has 0 saturated carbocycles. The van der Waals surface area contributed by atoms with Crippen molar-refractivity contribution >= 4 is 11.7 Å². The first-order valence-electron chi connectivity index (χ1n) is 7.48. The Balaban J connectivity index is 1.79. The summed E-state index contributed by atoms with van der Waals surface area (Å²) in [6, 6.07) is 16.7. The number of methoxy groups -OCH3 is 1. The van der Waals surface area contributed by atoms with Crippen LogP contribution in [0.1, 0.15) is 16.7 Å². The SMILES string of the molecule is COC(=O)C1=CCc2cccc(CCc3ccccc3)c2N1. The van der Waals surface area contributed by atoms with Gasteiger partial charge in [0, 0.05) is 5.69 Å². The number of benzene rings is 2. The van der Waals surface area contributed by atoms with Crippen LogP contribution >= 0.6 is 0 Å². The molecule has 22 heavy (non-hydrogen) atoms. The third-order valence-electron chi connectivity index (χ3n) is 3.95. The third kappa shape index (κ3) is 3.03. The average Bonchev–Trinajstić information content (AvgIpc) is 2.59. The Labute approximate surface area is 130 Å². The average molecular weight is 293 g/mol. The number of carbonyl (C=O) groups is 1. The van der Waals surface area contributed by atoms with Crippen molar-refractivity contribution in [3.63, 3.8) is 0 Å². The number of para-hydroxylation sites is 1. The van der Waals surface area contributed by atoms with Crippen LogP contribution in [-0.2, 0) is 28.8 Å². The molecule has 3 nitrogen and oxygen atoms in total. The van der Waals surface area contributed by atoms with E-state index in [9.17, 15) is 4.79 Å². The number of nitrogens with one attached hydrogen (secondary N) is 1. The van der Waals surface area contributed by atoms with Crippen molar-refractivity contribution < 1.29 is 9.53 Å². The van der Waals surface area contributed by atoms with Crippen LogP contribution in [0, 0.1) is 0 Å². The Bertz CT molecular complexity index is 705. The Kier molecular flexibility index (Phi) is 4.24. The fourth-order valence-corrected chi connectivity index (χ4v) is 2.76. The molecule has 2 aromatic rings. The number of aryl methyl sites for hydroxylation is 2. The fraction of sp³-hybridized carbons (Fsp3) is 0.211. The van der Waals surface area contributed by atoms with Crippen molar-refractivity contribution in [3.8, 4) is 0 Å². The lowest BCUT2D eigenvalue weighted by molar-refractivity contribution is -0.135. The molecule has 0 bridgehead atoms. The minimum absolute atomic E-state index is 0.316. The van der Waals surface area contributed by atoms with Crippen LogP contribution in [0.4, 0.5) is 5.69 Å². The van der Waals surface area contributed by atoms with Crippen LogP contribution in [0.15, 0.2) is 60.3 Å². The summed E-state index contributed by atoms with van der Waals surface area (Å²) in [6.45, 7) is 0. The van der Waals surface area contributed by atoms with E-state index in [1.54, 1.807) is 0 Å². The maximum Gasteiger partial charge on any atom is 0.354 e. The normalized spacial score (nSPS) is 12.9. The van der Waals surface area contributed by atoms with Gasteiger partial charge in [-0.25, -0.2) is 4.79 Å². The van der Waals surface area contributed by atoms with Crippen LogP contribution in [0.25, 0.3) is 0 Å². The lowest BCUT2D eigenvalue weighted by Gasteiger charge is -2.21. The molecule has 112 valence electrons. The smallest absolute Gasteiger partial charge is 0.354 e. The lowest BCUT2D eigenvalue weighted by atomic mass is 9.96. The predicted molar refractivity (Wildman–Crippen MR) is 87.7 cm³/mol. The summed E-state index contributed by atoms with van der Waals surface area (Å²) in [4.78, 5) is 11.7. The van der Waals surface area contributed by atoms with Gasteiger partial charge >= 0.3 is 5.97 Å². The molecule has 0 fully saturated rings. The van der Waals surface area contributed by atoms with E-state index in [0.717, 1.165) is 24.9 Å². The van der Waals surface area contributed by atoms with Gasteiger partial charge in [0.25, 0.3) is 0 Å². The van der Waals surface area contributed by atoms with Crippen molar-refractivity contribution in [3.05, 3.63) is 77.0 Å². The van der Waals surface area contributed by atoms with Crippen molar-refractivity contribution in [1.82, 2.24) is 0 Å². The molecule has 1 aliphatic heterocycles. The van der Waals surface area contributed by atoms with Gasteiger partial charge in [0.2, 0.25) is 0 Å². The van der Waals surface area contributed by atoms with Gasteiger partial charge in [-0.1, -0.05) is 48.5 Å². The molecule has 0 saturated heterocycles. The number of carbonyl (C=O) groups excluding carboxylic acids is 1. The van der Waals surface area contributed by atoms with Crippen LogP contribution < -0.4 is 5.32 Å². The molecule has 2 aromatic carbocycles. The number of hydrogen-bond acceptors (Lipinski definition) is 3. The number of ether oxygens (including phenoxy) is 1. The molecular formula is C19H19NO2. The second-order valence-electron chi connectivity index (χ2n) is 5.38. The first-order valence-corrected chi connectivity index (χ1v) is 7.48. The topological polar surface area (TPSA) is 38.3 Å². The van der Waals surface area contributed by atoms with E-state index in [-0.39, 0.29) is 5.97 Å². The minimum atomic E-state index is -0.316. The summed E-state index contributed by atoms with van der Waals surface area (Å²) in [5.74, 6) is -0.316. The zero-order valence-electron chi connectivity index (χ0n) is 12.6. The largest absolute Gasteiger partial charge is 0.464 e. The van der Waals surface area contributed by atoms with Crippen molar-refractivity contribution in [2.45, 2.75) is 19.3 Å². The number of rotatable bonds is 4. The van der Waals surface area contributed by atoms with Gasteiger partial charge in [-0.05, 0) is 42.0 Å². The summed E-state index contributed by atoms with van der Waals surface area (Å²) in [7, 11) is 1.40. The summed E-state index contributed by atoms with van der Waals surface area (Å²) in [6.07, 6.45) is 4.56. The van der Waals surface area contributed by atoms with Gasteiger partial charge < -0.3 is 10.1 Å². The van der Waals surface area contributed by atoms with Crippen LogP contribution in [0.3, 0.4) is 0 Å². The number of hydrogen-bond donors (Lipinski definition) is 1. The van der Waals surface area contributed by atoms with E-state index >= 15 is 0 Å². The Hall–Kier alpha value is -2.55. The van der Waals surface area contributed by atoms with Gasteiger partial charge in [-0.2, -0.15) is 0 Å². The molecule has 1 heterocycles. The summed E-state index contributed by atoms with van der Waals surface area (Å²) in [5, 5.41) is 3.24. The first kappa shape index (κ1) is 14.4. The lowest BCUT2D eigenvalue weighted by Crippen LogP contribution is -2.18. The van der Waals surface area contributed by atoms with Gasteiger partial charge in [-0.15, -0.1) is 0 Å². The molecule has 0 spiro atoms. The van der Waals surface area contributed by atoms with Crippen molar-refractivity contribution in [2.24, 2.45) is 0 Å². The summed E-state index contributed by atoms with van der Waals surface area (Å²) < 4.78 is 4.80. The predicted octanol–water partition coefficient (Wildman–Crippen LogP) is 3.50. The standard InChI is InChI=1S/C19H19NO2/c1-22-19(21)17-13-12-16-9-5-8-15(18(16)20-17)11-10-14-6-3-2-4-7-14/h2-9,13,20H,10-12H2,1H3. The number of fused-ring (bicyclic) bond motifs is 1. The van der Waals surface area contributed by atoms with Gasteiger partial charge in [0.1, 0.15) is 5.70 Å². The molecule has 1 aliphatic rings. The molecule has 0 amide bonds. The highest BCUT2D eigenvalue weighted by molar-refractivity contribution is 5.93. The van der Waals surface area contributed by atoms with Crippen LogP contribution in [0.2, 0.25) is 0 Å². The second-order valence-corrected chi connectivity index (χ2v) is 5.38. The highest BCUT2D eigenvalue weighted by atomic mass is 16.5. The van der Waals surface area contributed by atoms with Gasteiger partial charge in [0.15, 0.2) is 0 Å². The minimum Gasteiger partial charge on any atom is -0.464 e. The van der Waals surface area contributed by atoms with E-state index in [0.29, 0.717) is 5.70 Å². The summed E-state index contributed by atoms with van der Waals surface area (Å²) in [5.41, 5.74) is 5.36. The summed E-state index contributed by atoms with van der Waals surface area (Å²) >= 11 is 0. The molecule has 3 rings (SSSR count). The number of anilines is 1. The highest BCUT2D eigenvalue weighted by Crippen LogP contribution is 2.28. The molecule has 0 atom stereocenters. The van der Waals surface area contributed by atoms with Gasteiger partial charge in [0.05, 0.1) is 7.11 Å². The monoisotopic (exact) mass is 293 g/mol. The number of esters is 1. The fourth-order valence-electron chi connectivity index (χ4n) is 2.76. The van der Waals surface area contributed by atoms with Crippen molar-refractivity contribution in [1.29, 1.82) is 0 Å². The molecule has 3 heteroatoms. The van der Waals surface area contributed by atoms with E-state index in [2.05, 4.69) is 47.8 Å². The molecule has 0 radical (unpaired) electrons. The molecular weight excluding hydrogens is 274 g/mol. The Morgan fingerprint density at radius 1 is 1.09 bits per heavy atom. The highest BCUT2D eigenvalue weighted by Gasteiger charge is 2.18. The van der Waals surface area contributed by atoms with Crippen LogP contribution in [0.5, 0.6) is 0 Å². The second kappa shape index (κ2) is 6.48. The van der Waals surface area contributed by atoms with Crippen LogP contribution in [-0.4, -0.2) is 13.1 Å². The molecule has 0 aliphatic carbocycles. The van der Waals surface area contributed by atoms with E-state index < -0.39 is 0 Å². The quantitative estimate of drug-likeness (QED) is 0.877. The molecule has 0 unspecified atom stereocenters. The Morgan fingerprint density at radius 3 is 2.68 bits per heavy atom. The maximum atomic E-state index is 11.7. The molecule has 1 N–H and O–H groups in total. The first-order chi connectivity index (χ1) is 10.8. The Morgan fingerprint density at radius 2 is 1.91 bits per heavy atom. The maximum absolute atomic E-state index is 11.7. The van der Waals surface area contributed by atoms with Crippen molar-refractivity contribution in [2.75, 3.05) is 12.4 Å². The van der Waals surface area contributed by atoms with E-state index in [1.165, 1.54) is 23.8 Å². The van der Waals surface area contributed by atoms with Gasteiger partial charge in [-0.3, -0.25) is 0 Å².